The fourth-order valence-corrected chi connectivity index (χ4v) is 8.61. The van der Waals surface area contributed by atoms with Gasteiger partial charge in [0.2, 0.25) is 5.91 Å². The lowest BCUT2D eigenvalue weighted by Gasteiger charge is -2.29. The zero-order valence-electron chi connectivity index (χ0n) is 43.4. The van der Waals surface area contributed by atoms with Gasteiger partial charge in [-0.25, -0.2) is 0 Å². The largest absolute Gasteiger partial charge is 0.756 e. The molecule has 0 rings (SSSR count). The number of hydrogen-bond donors (Lipinski definition) is 2. The highest BCUT2D eigenvalue weighted by Gasteiger charge is 2.23. The van der Waals surface area contributed by atoms with Crippen LogP contribution in [0.4, 0.5) is 0 Å². The van der Waals surface area contributed by atoms with Crippen LogP contribution >= 0.6 is 7.82 Å². The number of nitrogens with zero attached hydrogens (tertiary/aromatic N) is 1. The van der Waals surface area contributed by atoms with Gasteiger partial charge in [0.15, 0.2) is 0 Å². The summed E-state index contributed by atoms with van der Waals surface area (Å²) < 4.78 is 23.3. The maximum absolute atomic E-state index is 12.9. The molecule has 0 aromatic heterocycles. The van der Waals surface area contributed by atoms with Crippen LogP contribution in [0.3, 0.4) is 0 Å². The van der Waals surface area contributed by atoms with Crippen molar-refractivity contribution in [3.05, 3.63) is 48.6 Å². The van der Waals surface area contributed by atoms with Crippen molar-refractivity contribution in [1.82, 2.24) is 5.32 Å². The summed E-state index contributed by atoms with van der Waals surface area (Å²) in [6, 6.07) is -0.913. The van der Waals surface area contributed by atoms with E-state index < -0.39 is 26.6 Å². The molecule has 0 aliphatic heterocycles. The topological polar surface area (TPSA) is 108 Å². The van der Waals surface area contributed by atoms with Crippen LogP contribution in [0.5, 0.6) is 0 Å². The third-order valence-electron chi connectivity index (χ3n) is 12.2. The molecule has 0 spiro atoms. The number of likely N-dealkylation sites (N-methyl/N-ethyl adjacent to an activating group) is 1. The molecule has 65 heavy (non-hydrogen) atoms. The molecule has 0 heterocycles. The summed E-state index contributed by atoms with van der Waals surface area (Å²) in [5.74, 6) is -0.215. The lowest BCUT2D eigenvalue weighted by Crippen LogP contribution is -2.45. The molecule has 9 heteroatoms. The predicted molar refractivity (Wildman–Crippen MR) is 279 cm³/mol. The number of nitrogens with one attached hydrogen (secondary N) is 1. The van der Waals surface area contributed by atoms with Gasteiger partial charge >= 0.3 is 0 Å². The molecule has 0 saturated carbocycles. The SMILES string of the molecule is CCCCCCCCCC/C=C\CCCCCCCCCC(=O)NC(COP(=O)([O-])OCC[N+](C)(C)C)C(O)/C=C/CC/C=C/CC/C=C/CCCCCCCCCCCCCCCC. The highest BCUT2D eigenvalue weighted by Crippen LogP contribution is 2.38. The van der Waals surface area contributed by atoms with Crippen molar-refractivity contribution in [3.8, 4) is 0 Å². The minimum atomic E-state index is -4.61. The summed E-state index contributed by atoms with van der Waals surface area (Å²) >= 11 is 0. The molecule has 0 aromatic carbocycles. The molecular weight excluding hydrogens is 828 g/mol. The normalized spacial score (nSPS) is 14.4. The fraction of sp³-hybridized carbons (Fsp3) is 0.839. The Bertz CT molecular complexity index is 1200. The molecule has 8 nitrogen and oxygen atoms in total. The standard InChI is InChI=1S/C56H107N2O6P/c1-6-8-10-12-14-16-18-20-22-24-26-27-28-29-30-32-33-35-37-39-41-43-45-47-49-55(59)54(53-64-65(61,62)63-52-51-58(3,4)5)57-56(60)50-48-46-44-42-40-38-36-34-31-25-23-21-19-17-15-13-11-9-7-2/h25,31-33,39,41,47,49,54-55,59H,6-24,26-30,34-38,40,42-46,48,50-53H2,1-5H3,(H-,57,60,61,62)/b31-25-,33-32+,41-39+,49-47+. The molecule has 0 aliphatic carbocycles. The molecule has 0 aromatic rings. The number of allylic oxidation sites excluding steroid dienone is 7. The quantitative estimate of drug-likeness (QED) is 0.0272. The second kappa shape index (κ2) is 47.5. The van der Waals surface area contributed by atoms with Gasteiger partial charge in [0.25, 0.3) is 7.82 Å². The van der Waals surface area contributed by atoms with Crippen LogP contribution in [0.1, 0.15) is 251 Å². The Morgan fingerprint density at radius 3 is 1.25 bits per heavy atom. The first-order valence-electron chi connectivity index (χ1n) is 27.5. The molecule has 0 radical (unpaired) electrons. The molecule has 0 fully saturated rings. The first-order chi connectivity index (χ1) is 31.5. The van der Waals surface area contributed by atoms with Gasteiger partial charge in [-0.3, -0.25) is 9.36 Å². The van der Waals surface area contributed by atoms with Gasteiger partial charge in [-0.15, -0.1) is 0 Å². The Labute approximate surface area is 403 Å². The van der Waals surface area contributed by atoms with E-state index in [-0.39, 0.29) is 12.5 Å². The number of aliphatic hydroxyl groups is 1. The van der Waals surface area contributed by atoms with E-state index in [1.54, 1.807) is 6.08 Å². The van der Waals surface area contributed by atoms with Crippen LogP contribution in [0.25, 0.3) is 0 Å². The predicted octanol–water partition coefficient (Wildman–Crippen LogP) is 15.7. The Morgan fingerprint density at radius 2 is 0.862 bits per heavy atom. The molecule has 0 aliphatic rings. The van der Waals surface area contributed by atoms with Crippen LogP contribution in [0, 0.1) is 0 Å². The number of aliphatic hydroxyl groups excluding tert-OH is 1. The van der Waals surface area contributed by atoms with E-state index in [4.69, 9.17) is 9.05 Å². The second-order valence-electron chi connectivity index (χ2n) is 19.9. The van der Waals surface area contributed by atoms with Crippen LogP contribution in [0.15, 0.2) is 48.6 Å². The molecule has 382 valence electrons. The Morgan fingerprint density at radius 1 is 0.523 bits per heavy atom. The maximum Gasteiger partial charge on any atom is 0.268 e. The zero-order chi connectivity index (χ0) is 47.8. The van der Waals surface area contributed by atoms with E-state index in [1.165, 1.54) is 186 Å². The van der Waals surface area contributed by atoms with E-state index in [1.807, 2.05) is 27.2 Å². The molecule has 2 N–H and O–H groups in total. The summed E-state index contributed by atoms with van der Waals surface area (Å²) in [7, 11) is 1.23. The Kier molecular flexibility index (Phi) is 46.4. The fourth-order valence-electron chi connectivity index (χ4n) is 7.89. The number of rotatable bonds is 50. The van der Waals surface area contributed by atoms with Crippen molar-refractivity contribution in [2.45, 2.75) is 264 Å². The summed E-state index contributed by atoms with van der Waals surface area (Å²) in [5, 5.41) is 13.8. The van der Waals surface area contributed by atoms with E-state index in [0.29, 0.717) is 17.4 Å². The number of phosphoric acid groups is 1. The average molecular weight is 935 g/mol. The van der Waals surface area contributed by atoms with Gasteiger partial charge in [-0.1, -0.05) is 223 Å². The number of amides is 1. The smallest absolute Gasteiger partial charge is 0.268 e. The second-order valence-corrected chi connectivity index (χ2v) is 21.3. The first-order valence-corrected chi connectivity index (χ1v) is 29.0. The van der Waals surface area contributed by atoms with Crippen molar-refractivity contribution >= 4 is 13.7 Å². The first kappa shape index (κ1) is 63.5. The van der Waals surface area contributed by atoms with Crippen LogP contribution in [-0.2, 0) is 18.4 Å². The minimum Gasteiger partial charge on any atom is -0.756 e. The highest BCUT2D eigenvalue weighted by atomic mass is 31.2. The minimum absolute atomic E-state index is 0.0104. The molecular formula is C56H107N2O6P. The molecule has 0 bridgehead atoms. The summed E-state index contributed by atoms with van der Waals surface area (Å²) in [6.07, 6.45) is 61.8. The monoisotopic (exact) mass is 935 g/mol. The maximum atomic E-state index is 12.9. The Balaban J connectivity index is 4.34. The van der Waals surface area contributed by atoms with Gasteiger partial charge in [-0.05, 0) is 70.6 Å². The summed E-state index contributed by atoms with van der Waals surface area (Å²) in [6.45, 7) is 4.63. The van der Waals surface area contributed by atoms with Crippen molar-refractivity contribution in [1.29, 1.82) is 0 Å². The lowest BCUT2D eigenvalue weighted by atomic mass is 10.0. The Hall–Kier alpha value is -1.54. The molecule has 3 atom stereocenters. The number of quaternary nitrogens is 1. The van der Waals surface area contributed by atoms with Crippen LogP contribution in [0.2, 0.25) is 0 Å². The average Bonchev–Trinajstić information content (AvgIpc) is 3.26. The van der Waals surface area contributed by atoms with Crippen molar-refractivity contribution in [3.63, 3.8) is 0 Å². The van der Waals surface area contributed by atoms with Crippen LogP contribution in [-0.4, -0.2) is 68.5 Å². The van der Waals surface area contributed by atoms with E-state index in [2.05, 4.69) is 55.6 Å². The summed E-state index contributed by atoms with van der Waals surface area (Å²) in [5.41, 5.74) is 0. The van der Waals surface area contributed by atoms with Gasteiger partial charge in [-0.2, -0.15) is 0 Å². The number of hydrogen-bond acceptors (Lipinski definition) is 6. The van der Waals surface area contributed by atoms with Crippen molar-refractivity contribution < 1.29 is 32.9 Å². The van der Waals surface area contributed by atoms with Crippen molar-refractivity contribution in [2.75, 3.05) is 40.9 Å². The van der Waals surface area contributed by atoms with Gasteiger partial charge in [0.05, 0.1) is 39.9 Å². The van der Waals surface area contributed by atoms with E-state index in [0.717, 1.165) is 44.9 Å². The number of carbonyl (C=O) groups excluding carboxylic acids is 1. The summed E-state index contributed by atoms with van der Waals surface area (Å²) in [4.78, 5) is 25.4. The van der Waals surface area contributed by atoms with Gasteiger partial charge < -0.3 is 28.8 Å². The van der Waals surface area contributed by atoms with E-state index >= 15 is 0 Å². The number of carbonyl (C=O) groups is 1. The third-order valence-corrected chi connectivity index (χ3v) is 13.2. The number of phosphoric ester groups is 1. The highest BCUT2D eigenvalue weighted by molar-refractivity contribution is 7.45. The van der Waals surface area contributed by atoms with Crippen LogP contribution < -0.4 is 10.2 Å². The van der Waals surface area contributed by atoms with Crippen molar-refractivity contribution in [2.24, 2.45) is 0 Å². The zero-order valence-corrected chi connectivity index (χ0v) is 44.3. The van der Waals surface area contributed by atoms with E-state index in [9.17, 15) is 19.4 Å². The molecule has 3 unspecified atom stereocenters. The lowest BCUT2D eigenvalue weighted by molar-refractivity contribution is -0.870. The molecule has 1 amide bonds. The van der Waals surface area contributed by atoms with Gasteiger partial charge in [0.1, 0.15) is 13.2 Å². The number of unbranched alkanes of at least 4 members (excludes halogenated alkanes) is 31. The third kappa shape index (κ3) is 50.2. The molecule has 0 saturated heterocycles. The van der Waals surface area contributed by atoms with Gasteiger partial charge in [0, 0.05) is 6.42 Å².